The van der Waals surface area contributed by atoms with Gasteiger partial charge in [0.1, 0.15) is 18.2 Å². The fraction of sp³-hybridized carbons (Fsp3) is 0.100. The van der Waals surface area contributed by atoms with Gasteiger partial charge in [0.2, 0.25) is 0 Å². The third kappa shape index (κ3) is 4.16. The monoisotopic (exact) mass is 353 g/mol. The second kappa shape index (κ2) is 7.65. The Bertz CT molecular complexity index is 928. The molecular weight excluding hydrogens is 337 g/mol. The molecule has 3 rings (SSSR count). The quantitative estimate of drug-likeness (QED) is 0.439. The first-order chi connectivity index (χ1) is 12.5. The van der Waals surface area contributed by atoms with Gasteiger partial charge in [0, 0.05) is 17.7 Å². The van der Waals surface area contributed by atoms with E-state index < -0.39 is 10.7 Å². The topological polar surface area (TPSA) is 61.6 Å². The van der Waals surface area contributed by atoms with Crippen molar-refractivity contribution in [2.24, 2.45) is 0 Å². The lowest BCUT2D eigenvalue weighted by atomic mass is 10.2. The molecule has 0 fully saturated rings. The van der Waals surface area contributed by atoms with E-state index in [4.69, 9.17) is 9.47 Å². The zero-order valence-electron chi connectivity index (χ0n) is 14.0. The molecule has 0 bridgehead atoms. The second-order valence-electron chi connectivity index (χ2n) is 5.67. The molecule has 0 radical (unpaired) electrons. The summed E-state index contributed by atoms with van der Waals surface area (Å²) in [5.74, 6) is 0.546. The van der Waals surface area contributed by atoms with Crippen molar-refractivity contribution in [2.75, 3.05) is 0 Å². The highest BCUT2D eigenvalue weighted by Gasteiger charge is 2.13. The summed E-state index contributed by atoms with van der Waals surface area (Å²) >= 11 is 0. The lowest BCUT2D eigenvalue weighted by Crippen LogP contribution is -1.98. The molecule has 0 aliphatic carbocycles. The molecule has 0 atom stereocenters. The van der Waals surface area contributed by atoms with Crippen LogP contribution in [0.1, 0.15) is 11.1 Å². The highest BCUT2D eigenvalue weighted by Crippen LogP contribution is 2.34. The maximum atomic E-state index is 13.6. The van der Waals surface area contributed by atoms with Gasteiger partial charge in [-0.3, -0.25) is 10.1 Å². The van der Waals surface area contributed by atoms with Crippen LogP contribution in [0.15, 0.2) is 66.7 Å². The van der Waals surface area contributed by atoms with E-state index in [1.807, 2.05) is 30.3 Å². The molecule has 132 valence electrons. The maximum absolute atomic E-state index is 13.6. The van der Waals surface area contributed by atoms with Crippen LogP contribution in [0.5, 0.6) is 17.2 Å². The van der Waals surface area contributed by atoms with Gasteiger partial charge in [0.15, 0.2) is 11.5 Å². The summed E-state index contributed by atoms with van der Waals surface area (Å²) in [7, 11) is 0. The lowest BCUT2D eigenvalue weighted by Gasteiger charge is -2.13. The van der Waals surface area contributed by atoms with Crippen molar-refractivity contribution in [3.8, 4) is 17.2 Å². The van der Waals surface area contributed by atoms with Gasteiger partial charge in [-0.05, 0) is 36.8 Å². The van der Waals surface area contributed by atoms with Gasteiger partial charge in [-0.25, -0.2) is 4.39 Å². The van der Waals surface area contributed by atoms with Crippen molar-refractivity contribution in [3.63, 3.8) is 0 Å². The molecule has 0 N–H and O–H groups in total. The van der Waals surface area contributed by atoms with Gasteiger partial charge in [-0.15, -0.1) is 0 Å². The molecule has 3 aromatic rings. The minimum absolute atomic E-state index is 0.0111. The first-order valence-electron chi connectivity index (χ1n) is 7.92. The van der Waals surface area contributed by atoms with E-state index >= 15 is 0 Å². The molecular formula is C20H16FNO4. The number of benzene rings is 3. The molecule has 0 saturated carbocycles. The first kappa shape index (κ1) is 17.4. The van der Waals surface area contributed by atoms with E-state index in [0.717, 1.165) is 5.56 Å². The fourth-order valence-electron chi connectivity index (χ4n) is 2.44. The predicted molar refractivity (Wildman–Crippen MR) is 95.1 cm³/mol. The second-order valence-corrected chi connectivity index (χ2v) is 5.67. The number of hydrogen-bond donors (Lipinski definition) is 0. The van der Waals surface area contributed by atoms with Crippen molar-refractivity contribution in [1.82, 2.24) is 0 Å². The molecule has 0 spiro atoms. The van der Waals surface area contributed by atoms with E-state index in [9.17, 15) is 14.5 Å². The molecule has 0 amide bonds. The molecule has 26 heavy (non-hydrogen) atoms. The molecule has 3 aromatic carbocycles. The Morgan fingerprint density at radius 1 is 1.00 bits per heavy atom. The molecule has 0 heterocycles. The van der Waals surface area contributed by atoms with Crippen LogP contribution in [-0.2, 0) is 6.61 Å². The van der Waals surface area contributed by atoms with E-state index in [1.165, 1.54) is 30.3 Å². The molecule has 0 aliphatic heterocycles. The van der Waals surface area contributed by atoms with E-state index in [1.54, 1.807) is 13.0 Å². The Morgan fingerprint density at radius 3 is 2.46 bits per heavy atom. The van der Waals surface area contributed by atoms with Gasteiger partial charge < -0.3 is 9.47 Å². The van der Waals surface area contributed by atoms with Crippen LogP contribution in [0.3, 0.4) is 0 Å². The first-order valence-corrected chi connectivity index (χ1v) is 7.92. The van der Waals surface area contributed by atoms with Crippen molar-refractivity contribution >= 4 is 5.69 Å². The highest BCUT2D eigenvalue weighted by atomic mass is 19.1. The average molecular weight is 353 g/mol. The summed E-state index contributed by atoms with van der Waals surface area (Å²) in [6.45, 7) is 1.89. The zero-order valence-corrected chi connectivity index (χ0v) is 14.0. The third-order valence-electron chi connectivity index (χ3n) is 3.74. The van der Waals surface area contributed by atoms with Crippen molar-refractivity contribution in [1.29, 1.82) is 0 Å². The molecule has 0 unspecified atom stereocenters. The zero-order chi connectivity index (χ0) is 18.5. The molecule has 0 saturated heterocycles. The smallest absolute Gasteiger partial charge is 0.272 e. The number of halogens is 1. The number of ether oxygens (including phenoxy) is 2. The normalized spacial score (nSPS) is 10.4. The van der Waals surface area contributed by atoms with Crippen LogP contribution in [0.2, 0.25) is 0 Å². The number of nitro benzene ring substituents is 1. The predicted octanol–water partition coefficient (Wildman–Crippen LogP) is 5.41. The maximum Gasteiger partial charge on any atom is 0.272 e. The molecule has 5 nitrogen and oxygen atoms in total. The van der Waals surface area contributed by atoms with Crippen LogP contribution >= 0.6 is 0 Å². The summed E-state index contributed by atoms with van der Waals surface area (Å²) in [5.41, 5.74) is 1.42. The van der Waals surface area contributed by atoms with E-state index in [-0.39, 0.29) is 18.0 Å². The van der Waals surface area contributed by atoms with Gasteiger partial charge in [0.05, 0.1) is 4.92 Å². The summed E-state index contributed by atoms with van der Waals surface area (Å²) in [5, 5.41) is 10.9. The number of nitro groups is 1. The Hall–Kier alpha value is -3.41. The summed E-state index contributed by atoms with van der Waals surface area (Å²) in [6, 6.07) is 17.9. The summed E-state index contributed by atoms with van der Waals surface area (Å²) in [6.07, 6.45) is 0. The summed E-state index contributed by atoms with van der Waals surface area (Å²) < 4.78 is 25.1. The minimum atomic E-state index is -0.453. The van der Waals surface area contributed by atoms with Crippen LogP contribution in [0.25, 0.3) is 0 Å². The molecule has 0 aromatic heterocycles. The SMILES string of the molecule is Cc1cc(Oc2ccc(F)cc2OCc2ccccc2)ccc1[N+](=O)[O-]. The Balaban J connectivity index is 1.81. The third-order valence-corrected chi connectivity index (χ3v) is 3.74. The van der Waals surface area contributed by atoms with E-state index in [2.05, 4.69) is 0 Å². The Kier molecular flexibility index (Phi) is 5.12. The van der Waals surface area contributed by atoms with Gasteiger partial charge >= 0.3 is 0 Å². The Morgan fingerprint density at radius 2 is 1.77 bits per heavy atom. The fourth-order valence-corrected chi connectivity index (χ4v) is 2.44. The summed E-state index contributed by atoms with van der Waals surface area (Å²) in [4.78, 5) is 10.5. The molecule has 0 aliphatic rings. The molecule has 6 heteroatoms. The number of aryl methyl sites for hydroxylation is 1. The van der Waals surface area contributed by atoms with E-state index in [0.29, 0.717) is 17.1 Å². The van der Waals surface area contributed by atoms with Crippen molar-refractivity contribution in [3.05, 3.63) is 93.8 Å². The highest BCUT2D eigenvalue weighted by molar-refractivity contribution is 5.48. The average Bonchev–Trinajstić information content (AvgIpc) is 2.62. The van der Waals surface area contributed by atoms with Crippen LogP contribution in [0.4, 0.5) is 10.1 Å². The number of nitrogens with zero attached hydrogens (tertiary/aromatic N) is 1. The van der Waals surface area contributed by atoms with Crippen molar-refractivity contribution < 1.29 is 18.8 Å². The van der Waals surface area contributed by atoms with Crippen molar-refractivity contribution in [2.45, 2.75) is 13.5 Å². The van der Waals surface area contributed by atoms with Gasteiger partial charge in [0.25, 0.3) is 5.69 Å². The Labute approximate surface area is 149 Å². The van der Waals surface area contributed by atoms with Gasteiger partial charge in [-0.2, -0.15) is 0 Å². The number of rotatable bonds is 6. The van der Waals surface area contributed by atoms with Crippen LogP contribution in [0, 0.1) is 22.9 Å². The van der Waals surface area contributed by atoms with Crippen LogP contribution < -0.4 is 9.47 Å². The van der Waals surface area contributed by atoms with Crippen LogP contribution in [-0.4, -0.2) is 4.92 Å². The largest absolute Gasteiger partial charge is 0.485 e. The minimum Gasteiger partial charge on any atom is -0.485 e. The lowest BCUT2D eigenvalue weighted by molar-refractivity contribution is -0.385. The van der Waals surface area contributed by atoms with Gasteiger partial charge in [-0.1, -0.05) is 30.3 Å². The standard InChI is InChI=1S/C20H16FNO4/c1-14-11-17(8-9-18(14)22(23)24)26-19-10-7-16(21)12-20(19)25-13-15-5-3-2-4-6-15/h2-12H,13H2,1H3. The number of hydrogen-bond acceptors (Lipinski definition) is 4.